The average Bonchev–Trinajstić information content (AvgIpc) is 2.61. The molecular weight excluding hydrogens is 323 g/mol. The van der Waals surface area contributed by atoms with Crippen molar-refractivity contribution in [3.63, 3.8) is 0 Å². The Morgan fingerprint density at radius 1 is 0.960 bits per heavy atom. The van der Waals surface area contributed by atoms with Crippen molar-refractivity contribution in [2.75, 3.05) is 19.7 Å². The van der Waals surface area contributed by atoms with Crippen molar-refractivity contribution < 1.29 is 18.7 Å². The van der Waals surface area contributed by atoms with E-state index in [1.54, 1.807) is 0 Å². The Morgan fingerprint density at radius 3 is 2.24 bits per heavy atom. The molecule has 2 amide bonds. The third kappa shape index (κ3) is 6.25. The van der Waals surface area contributed by atoms with Crippen molar-refractivity contribution in [1.29, 1.82) is 0 Å². The van der Waals surface area contributed by atoms with Crippen molar-refractivity contribution >= 4 is 11.8 Å². The van der Waals surface area contributed by atoms with E-state index in [-0.39, 0.29) is 18.2 Å². The van der Waals surface area contributed by atoms with Crippen LogP contribution in [0.4, 0.5) is 4.39 Å². The van der Waals surface area contributed by atoms with Gasteiger partial charge in [-0.25, -0.2) is 4.39 Å². The highest BCUT2D eigenvalue weighted by atomic mass is 19.1. The third-order valence-electron chi connectivity index (χ3n) is 3.44. The minimum Gasteiger partial charge on any atom is -0.494 e. The van der Waals surface area contributed by atoms with Gasteiger partial charge in [0.1, 0.15) is 11.6 Å². The zero-order valence-corrected chi connectivity index (χ0v) is 14.0. The molecule has 0 aliphatic carbocycles. The van der Waals surface area contributed by atoms with E-state index < -0.39 is 5.82 Å². The molecule has 2 rings (SSSR count). The normalized spacial score (nSPS) is 10.2. The Labute approximate surface area is 146 Å². The largest absolute Gasteiger partial charge is 0.494 e. The maximum atomic E-state index is 12.8. The second-order valence-electron chi connectivity index (χ2n) is 5.37. The zero-order chi connectivity index (χ0) is 18.1. The Balaban J connectivity index is 1.68. The van der Waals surface area contributed by atoms with E-state index >= 15 is 0 Å². The van der Waals surface area contributed by atoms with Crippen LogP contribution in [0.1, 0.15) is 22.8 Å². The minimum absolute atomic E-state index is 0.125. The van der Waals surface area contributed by atoms with Crippen LogP contribution in [0.2, 0.25) is 0 Å². The summed E-state index contributed by atoms with van der Waals surface area (Å²) in [7, 11) is 0. The summed E-state index contributed by atoms with van der Waals surface area (Å²) in [4.78, 5) is 23.7. The molecule has 0 spiro atoms. The lowest BCUT2D eigenvalue weighted by molar-refractivity contribution is -0.120. The predicted octanol–water partition coefficient (Wildman–Crippen LogP) is 2.31. The van der Waals surface area contributed by atoms with E-state index in [9.17, 15) is 14.0 Å². The molecule has 6 heteroatoms. The molecule has 0 atom stereocenters. The molecule has 2 aromatic rings. The fourth-order valence-corrected chi connectivity index (χ4v) is 2.20. The van der Waals surface area contributed by atoms with Gasteiger partial charge in [0.05, 0.1) is 13.0 Å². The van der Waals surface area contributed by atoms with Crippen LogP contribution < -0.4 is 15.4 Å². The second kappa shape index (κ2) is 9.42. The molecule has 0 aromatic heterocycles. The number of hydrogen-bond acceptors (Lipinski definition) is 3. The fraction of sp³-hybridized carbons (Fsp3) is 0.263. The van der Waals surface area contributed by atoms with Crippen molar-refractivity contribution in [1.82, 2.24) is 10.6 Å². The van der Waals surface area contributed by atoms with Crippen molar-refractivity contribution in [2.45, 2.75) is 13.3 Å². The maximum Gasteiger partial charge on any atom is 0.251 e. The molecule has 0 fully saturated rings. The van der Waals surface area contributed by atoms with Crippen LogP contribution in [0.5, 0.6) is 5.75 Å². The summed E-state index contributed by atoms with van der Waals surface area (Å²) in [6.07, 6.45) is 0.262. The summed E-state index contributed by atoms with van der Waals surface area (Å²) in [6, 6.07) is 12.6. The molecule has 0 saturated heterocycles. The van der Waals surface area contributed by atoms with Crippen LogP contribution in [0.3, 0.4) is 0 Å². The molecular formula is C19H21FN2O3. The van der Waals surface area contributed by atoms with Crippen LogP contribution in [-0.4, -0.2) is 31.5 Å². The summed E-state index contributed by atoms with van der Waals surface area (Å²) >= 11 is 0. The highest BCUT2D eigenvalue weighted by molar-refractivity contribution is 5.94. The SMILES string of the molecule is CCOc1ccc(CC(=O)NCCNC(=O)c2ccc(F)cc2)cc1. The zero-order valence-electron chi connectivity index (χ0n) is 14.0. The predicted molar refractivity (Wildman–Crippen MR) is 93.1 cm³/mol. The van der Waals surface area contributed by atoms with Gasteiger partial charge in [0, 0.05) is 18.7 Å². The van der Waals surface area contributed by atoms with Gasteiger partial charge in [-0.15, -0.1) is 0 Å². The average molecular weight is 344 g/mol. The van der Waals surface area contributed by atoms with Gasteiger partial charge in [-0.05, 0) is 48.9 Å². The number of benzene rings is 2. The van der Waals surface area contributed by atoms with E-state index in [4.69, 9.17) is 4.74 Å². The molecule has 2 aromatic carbocycles. The Hall–Kier alpha value is -2.89. The fourth-order valence-electron chi connectivity index (χ4n) is 2.20. The molecule has 0 bridgehead atoms. The molecule has 0 heterocycles. The van der Waals surface area contributed by atoms with Gasteiger partial charge in [-0.1, -0.05) is 12.1 Å². The molecule has 0 aliphatic rings. The van der Waals surface area contributed by atoms with Gasteiger partial charge >= 0.3 is 0 Å². The van der Waals surface area contributed by atoms with Crippen molar-refractivity contribution in [2.24, 2.45) is 0 Å². The first-order valence-corrected chi connectivity index (χ1v) is 8.10. The highest BCUT2D eigenvalue weighted by Gasteiger charge is 2.06. The first-order chi connectivity index (χ1) is 12.1. The van der Waals surface area contributed by atoms with Crippen LogP contribution in [0, 0.1) is 5.82 Å². The number of carbonyl (C=O) groups is 2. The highest BCUT2D eigenvalue weighted by Crippen LogP contribution is 2.12. The lowest BCUT2D eigenvalue weighted by Gasteiger charge is -2.08. The molecule has 5 nitrogen and oxygen atoms in total. The molecule has 0 unspecified atom stereocenters. The second-order valence-corrected chi connectivity index (χ2v) is 5.37. The van der Waals surface area contributed by atoms with E-state index in [0.717, 1.165) is 11.3 Å². The standard InChI is InChI=1S/C19H21FN2O3/c1-2-25-17-9-3-14(4-10-17)13-18(23)21-11-12-22-19(24)15-5-7-16(20)8-6-15/h3-10H,2,11-13H2,1H3,(H,21,23)(H,22,24). The smallest absolute Gasteiger partial charge is 0.251 e. The monoisotopic (exact) mass is 344 g/mol. The van der Waals surface area contributed by atoms with Gasteiger partial charge in [-0.2, -0.15) is 0 Å². The molecule has 0 radical (unpaired) electrons. The van der Waals surface area contributed by atoms with Crippen LogP contribution >= 0.6 is 0 Å². The number of carbonyl (C=O) groups excluding carboxylic acids is 2. The van der Waals surface area contributed by atoms with Crippen molar-refractivity contribution in [3.8, 4) is 5.75 Å². The van der Waals surface area contributed by atoms with Gasteiger partial charge in [0.15, 0.2) is 0 Å². The van der Waals surface area contributed by atoms with Crippen LogP contribution in [0.15, 0.2) is 48.5 Å². The van der Waals surface area contributed by atoms with Gasteiger partial charge in [-0.3, -0.25) is 9.59 Å². The van der Waals surface area contributed by atoms with Gasteiger partial charge in [0.2, 0.25) is 5.91 Å². The quantitative estimate of drug-likeness (QED) is 0.722. The number of halogens is 1. The Bertz CT molecular complexity index is 700. The molecule has 132 valence electrons. The maximum absolute atomic E-state index is 12.8. The van der Waals surface area contributed by atoms with Crippen molar-refractivity contribution in [3.05, 3.63) is 65.5 Å². The summed E-state index contributed by atoms with van der Waals surface area (Å²) in [6.45, 7) is 3.13. The van der Waals surface area contributed by atoms with E-state index in [1.165, 1.54) is 24.3 Å². The Morgan fingerprint density at radius 2 is 1.60 bits per heavy atom. The van der Waals surface area contributed by atoms with E-state index in [0.29, 0.717) is 25.3 Å². The van der Waals surface area contributed by atoms with Crippen LogP contribution in [-0.2, 0) is 11.2 Å². The third-order valence-corrected chi connectivity index (χ3v) is 3.44. The van der Waals surface area contributed by atoms with Crippen LogP contribution in [0.25, 0.3) is 0 Å². The number of nitrogens with one attached hydrogen (secondary N) is 2. The number of amides is 2. The lowest BCUT2D eigenvalue weighted by atomic mass is 10.1. The molecule has 0 aliphatic heterocycles. The minimum atomic E-state index is -0.391. The van der Waals surface area contributed by atoms with E-state index in [2.05, 4.69) is 10.6 Å². The Kier molecular flexibility index (Phi) is 6.95. The van der Waals surface area contributed by atoms with E-state index in [1.807, 2.05) is 31.2 Å². The molecule has 25 heavy (non-hydrogen) atoms. The number of rotatable bonds is 8. The molecule has 0 saturated carbocycles. The topological polar surface area (TPSA) is 67.4 Å². The summed E-state index contributed by atoms with van der Waals surface area (Å²) < 4.78 is 18.1. The number of ether oxygens (including phenoxy) is 1. The summed E-state index contributed by atoms with van der Waals surface area (Å²) in [5.74, 6) is -0.0470. The first kappa shape index (κ1) is 18.4. The molecule has 2 N–H and O–H groups in total. The number of hydrogen-bond donors (Lipinski definition) is 2. The van der Waals surface area contributed by atoms with Gasteiger partial charge < -0.3 is 15.4 Å². The summed E-state index contributed by atoms with van der Waals surface area (Å²) in [5.41, 5.74) is 1.26. The van der Waals surface area contributed by atoms with Gasteiger partial charge in [0.25, 0.3) is 5.91 Å². The lowest BCUT2D eigenvalue weighted by Crippen LogP contribution is -2.35. The summed E-state index contributed by atoms with van der Waals surface area (Å²) in [5, 5.41) is 5.41. The first-order valence-electron chi connectivity index (χ1n) is 8.10.